The van der Waals surface area contributed by atoms with Crippen LogP contribution in [0.3, 0.4) is 0 Å². The second-order valence-corrected chi connectivity index (χ2v) is 6.91. The van der Waals surface area contributed by atoms with Crippen molar-refractivity contribution in [2.75, 3.05) is 40.9 Å². The van der Waals surface area contributed by atoms with Crippen LogP contribution in [0.25, 0.3) is 10.4 Å². The van der Waals surface area contributed by atoms with Gasteiger partial charge in [0.05, 0.1) is 18.3 Å². The maximum Gasteiger partial charge on any atom is 0.329 e. The third kappa shape index (κ3) is 3.66. The molecule has 0 radical (unpaired) electrons. The first-order chi connectivity index (χ1) is 14.6. The predicted molar refractivity (Wildman–Crippen MR) is 109 cm³/mol. The van der Waals surface area contributed by atoms with Crippen LogP contribution < -0.4 is 14.7 Å². The molecule has 2 aromatic rings. The Morgan fingerprint density at radius 2 is 1.93 bits per heavy atom. The number of anilines is 3. The highest BCUT2D eigenvalue weighted by Gasteiger charge is 2.35. The predicted octanol–water partition coefficient (Wildman–Crippen LogP) is 3.31. The molecular weight excluding hydrogens is 391 g/mol. The second-order valence-electron chi connectivity index (χ2n) is 6.91. The molecule has 4 rings (SSSR count). The molecule has 0 N–H and O–H groups in total. The molecule has 2 aromatic carbocycles. The normalized spacial score (nSPS) is 21.1. The number of amides is 2. The van der Waals surface area contributed by atoms with Crippen molar-refractivity contribution in [2.24, 2.45) is 5.11 Å². The highest BCUT2D eigenvalue weighted by Crippen LogP contribution is 2.32. The Labute approximate surface area is 171 Å². The molecule has 0 saturated carbocycles. The summed E-state index contributed by atoms with van der Waals surface area (Å²) in [7, 11) is 0. The minimum absolute atomic E-state index is 0.0789. The van der Waals surface area contributed by atoms with Gasteiger partial charge in [-0.25, -0.2) is 9.18 Å². The SMILES string of the molecule is [N-]=[N+]=NCC1CN(c2ccc(N3CCN(c4ccccc4)C3=O)c(F)c2)C(C=O)O1. The summed E-state index contributed by atoms with van der Waals surface area (Å²) in [4.78, 5) is 31.5. The van der Waals surface area contributed by atoms with Crippen LogP contribution >= 0.6 is 0 Å². The maximum absolute atomic E-state index is 15.0. The molecule has 2 aliphatic rings. The number of hydrogen-bond donors (Lipinski definition) is 0. The van der Waals surface area contributed by atoms with Crippen molar-refractivity contribution in [2.45, 2.75) is 12.3 Å². The van der Waals surface area contributed by atoms with E-state index in [1.165, 1.54) is 17.0 Å². The van der Waals surface area contributed by atoms with Gasteiger partial charge >= 0.3 is 6.03 Å². The number of para-hydroxylation sites is 1. The standard InChI is InChI=1S/C20H19FN6O3/c21-17-10-15(27-12-16(11-23-24-22)30-19(27)13-28)6-7-18(17)26-9-8-25(20(26)29)14-4-2-1-3-5-14/h1-7,10,13,16,19H,8-9,11-12H2. The number of ether oxygens (including phenoxy) is 1. The van der Waals surface area contributed by atoms with E-state index < -0.39 is 18.1 Å². The molecule has 2 heterocycles. The topological polar surface area (TPSA) is 102 Å². The third-order valence-electron chi connectivity index (χ3n) is 5.13. The molecule has 2 amide bonds. The molecule has 2 fully saturated rings. The smallest absolute Gasteiger partial charge is 0.329 e. The number of rotatable bonds is 6. The van der Waals surface area contributed by atoms with Gasteiger partial charge in [0.15, 0.2) is 12.5 Å². The number of aldehydes is 1. The van der Waals surface area contributed by atoms with Gasteiger partial charge in [0, 0.05) is 35.9 Å². The van der Waals surface area contributed by atoms with Crippen LogP contribution in [0.5, 0.6) is 0 Å². The third-order valence-corrected chi connectivity index (χ3v) is 5.13. The Kier molecular flexibility index (Phi) is 5.51. The number of hydrogen-bond acceptors (Lipinski definition) is 5. The summed E-state index contributed by atoms with van der Waals surface area (Å²) < 4.78 is 20.5. The van der Waals surface area contributed by atoms with Crippen molar-refractivity contribution in [3.8, 4) is 0 Å². The Balaban J connectivity index is 1.53. The van der Waals surface area contributed by atoms with E-state index in [1.807, 2.05) is 30.3 Å². The van der Waals surface area contributed by atoms with E-state index in [1.54, 1.807) is 15.9 Å². The van der Waals surface area contributed by atoms with Gasteiger partial charge in [-0.15, -0.1) is 0 Å². The minimum Gasteiger partial charge on any atom is -0.346 e. The number of nitrogens with zero attached hydrogens (tertiary/aromatic N) is 6. The monoisotopic (exact) mass is 410 g/mol. The first-order valence-corrected chi connectivity index (χ1v) is 9.44. The molecule has 0 aliphatic carbocycles. The van der Waals surface area contributed by atoms with Gasteiger partial charge < -0.3 is 9.64 Å². The van der Waals surface area contributed by atoms with Crippen LogP contribution in [0.4, 0.5) is 26.2 Å². The van der Waals surface area contributed by atoms with Gasteiger partial charge in [-0.1, -0.05) is 23.3 Å². The molecule has 2 aliphatic heterocycles. The molecule has 10 heteroatoms. The average Bonchev–Trinajstić information content (AvgIpc) is 3.36. The summed E-state index contributed by atoms with van der Waals surface area (Å²) in [5.41, 5.74) is 9.83. The molecule has 0 spiro atoms. The zero-order valence-corrected chi connectivity index (χ0v) is 16.0. The van der Waals surface area contributed by atoms with Crippen LogP contribution in [0, 0.1) is 5.82 Å². The van der Waals surface area contributed by atoms with Crippen molar-refractivity contribution in [3.63, 3.8) is 0 Å². The van der Waals surface area contributed by atoms with Crippen LogP contribution in [0.15, 0.2) is 53.6 Å². The van der Waals surface area contributed by atoms with Crippen LogP contribution in [-0.4, -0.2) is 50.8 Å². The van der Waals surface area contributed by atoms with Gasteiger partial charge in [-0.2, -0.15) is 0 Å². The summed E-state index contributed by atoms with van der Waals surface area (Å²) in [6, 6.07) is 13.4. The summed E-state index contributed by atoms with van der Waals surface area (Å²) in [6.45, 7) is 1.18. The quantitative estimate of drug-likeness (QED) is 0.315. The lowest BCUT2D eigenvalue weighted by molar-refractivity contribution is -0.117. The largest absolute Gasteiger partial charge is 0.346 e. The Hall–Kier alpha value is -3.62. The Morgan fingerprint density at radius 1 is 1.17 bits per heavy atom. The molecular formula is C20H19FN6O3. The molecule has 0 aromatic heterocycles. The number of azide groups is 1. The molecule has 2 saturated heterocycles. The Bertz CT molecular complexity index is 997. The summed E-state index contributed by atoms with van der Waals surface area (Å²) in [5, 5.41) is 3.47. The molecule has 154 valence electrons. The van der Waals surface area contributed by atoms with Gasteiger partial charge in [0.1, 0.15) is 5.82 Å². The summed E-state index contributed by atoms with van der Waals surface area (Å²) >= 11 is 0. The van der Waals surface area contributed by atoms with Crippen molar-refractivity contribution in [3.05, 3.63) is 64.8 Å². The average molecular weight is 410 g/mol. The first kappa shape index (κ1) is 19.7. The van der Waals surface area contributed by atoms with Gasteiger partial charge in [0.25, 0.3) is 0 Å². The van der Waals surface area contributed by atoms with Crippen molar-refractivity contribution in [1.82, 2.24) is 0 Å². The van der Waals surface area contributed by atoms with Crippen molar-refractivity contribution < 1.29 is 18.7 Å². The van der Waals surface area contributed by atoms with E-state index in [-0.39, 0.29) is 24.8 Å². The molecule has 30 heavy (non-hydrogen) atoms. The molecule has 0 bridgehead atoms. The summed E-state index contributed by atoms with van der Waals surface area (Å²) in [6.07, 6.45) is -0.738. The maximum atomic E-state index is 15.0. The van der Waals surface area contributed by atoms with Crippen LogP contribution in [-0.2, 0) is 9.53 Å². The lowest BCUT2D eigenvalue weighted by Gasteiger charge is -2.23. The Morgan fingerprint density at radius 3 is 2.63 bits per heavy atom. The van der Waals surface area contributed by atoms with Gasteiger partial charge in [0.2, 0.25) is 0 Å². The highest BCUT2D eigenvalue weighted by atomic mass is 19.1. The van der Waals surface area contributed by atoms with E-state index >= 15 is 0 Å². The molecule has 2 atom stereocenters. The zero-order chi connectivity index (χ0) is 21.1. The van der Waals surface area contributed by atoms with Gasteiger partial charge in [-0.05, 0) is 35.9 Å². The zero-order valence-electron chi connectivity index (χ0n) is 16.0. The fourth-order valence-electron chi connectivity index (χ4n) is 3.72. The minimum atomic E-state index is -0.892. The summed E-state index contributed by atoms with van der Waals surface area (Å²) in [5.74, 6) is -0.570. The van der Waals surface area contributed by atoms with E-state index in [4.69, 9.17) is 10.3 Å². The highest BCUT2D eigenvalue weighted by molar-refractivity contribution is 6.06. The number of halogens is 1. The number of benzene rings is 2. The number of urea groups is 1. The van der Waals surface area contributed by atoms with Gasteiger partial charge in [-0.3, -0.25) is 14.6 Å². The molecule has 2 unspecified atom stereocenters. The molecule has 9 nitrogen and oxygen atoms in total. The number of carbonyl (C=O) groups excluding carboxylic acids is 2. The lowest BCUT2D eigenvalue weighted by atomic mass is 10.2. The van der Waals surface area contributed by atoms with Crippen molar-refractivity contribution >= 4 is 29.4 Å². The van der Waals surface area contributed by atoms with E-state index in [0.29, 0.717) is 25.1 Å². The van der Waals surface area contributed by atoms with Crippen LogP contribution in [0.2, 0.25) is 0 Å². The van der Waals surface area contributed by atoms with E-state index in [9.17, 15) is 14.0 Å². The second kappa shape index (κ2) is 8.40. The first-order valence-electron chi connectivity index (χ1n) is 9.44. The fraction of sp³-hybridized carbons (Fsp3) is 0.300. The van der Waals surface area contributed by atoms with E-state index in [0.717, 1.165) is 5.69 Å². The lowest BCUT2D eigenvalue weighted by Crippen LogP contribution is -2.33. The number of carbonyl (C=O) groups is 2. The van der Waals surface area contributed by atoms with Crippen molar-refractivity contribution in [1.29, 1.82) is 0 Å². The van der Waals surface area contributed by atoms with E-state index in [2.05, 4.69) is 10.0 Å². The fourth-order valence-corrected chi connectivity index (χ4v) is 3.72. The van der Waals surface area contributed by atoms with Crippen LogP contribution in [0.1, 0.15) is 0 Å².